The van der Waals surface area contributed by atoms with Crippen LogP contribution < -0.4 is 5.32 Å². The zero-order valence-electron chi connectivity index (χ0n) is 11.8. The molecule has 0 bridgehead atoms. The van der Waals surface area contributed by atoms with E-state index in [1.807, 2.05) is 4.90 Å². The lowest BCUT2D eigenvalue weighted by molar-refractivity contribution is -0.130. The van der Waals surface area contributed by atoms with E-state index in [9.17, 15) is 4.79 Å². The largest absolute Gasteiger partial charge is 0.343 e. The number of nitrogens with one attached hydrogen (secondary N) is 1. The van der Waals surface area contributed by atoms with E-state index in [1.54, 1.807) is 6.92 Å². The molecule has 1 N–H and O–H groups in total. The fourth-order valence-electron chi connectivity index (χ4n) is 3.29. The van der Waals surface area contributed by atoms with Gasteiger partial charge in [-0.15, -0.1) is 0 Å². The number of likely N-dealkylation sites (tertiary alicyclic amines) is 1. The molecule has 0 aromatic carbocycles. The van der Waals surface area contributed by atoms with Gasteiger partial charge in [-0.25, -0.2) is 0 Å². The molecule has 4 heteroatoms. The van der Waals surface area contributed by atoms with Crippen molar-refractivity contribution >= 4 is 5.91 Å². The Morgan fingerprint density at radius 2 is 1.78 bits per heavy atom. The number of amides is 1. The summed E-state index contributed by atoms with van der Waals surface area (Å²) >= 11 is 0. The second-order valence-corrected chi connectivity index (χ2v) is 5.74. The summed E-state index contributed by atoms with van der Waals surface area (Å²) in [6, 6.07) is 1.40. The van der Waals surface area contributed by atoms with Gasteiger partial charge in [-0.1, -0.05) is 0 Å². The van der Waals surface area contributed by atoms with Crippen LogP contribution in [0.1, 0.15) is 39.0 Å². The second kappa shape index (κ2) is 6.53. The van der Waals surface area contributed by atoms with Crippen LogP contribution in [0.15, 0.2) is 0 Å². The first kappa shape index (κ1) is 13.8. The Bertz CT molecular complexity index is 266. The van der Waals surface area contributed by atoms with E-state index in [0.29, 0.717) is 6.04 Å². The van der Waals surface area contributed by atoms with E-state index in [4.69, 9.17) is 0 Å². The first-order chi connectivity index (χ1) is 8.68. The lowest BCUT2D eigenvalue weighted by Crippen LogP contribution is -2.48. The first-order valence-corrected chi connectivity index (χ1v) is 7.36. The van der Waals surface area contributed by atoms with Crippen molar-refractivity contribution in [1.82, 2.24) is 15.1 Å². The van der Waals surface area contributed by atoms with E-state index in [2.05, 4.69) is 17.3 Å². The summed E-state index contributed by atoms with van der Waals surface area (Å²) in [4.78, 5) is 15.9. The van der Waals surface area contributed by atoms with Crippen molar-refractivity contribution in [2.75, 3.05) is 33.2 Å². The quantitative estimate of drug-likeness (QED) is 0.799. The van der Waals surface area contributed by atoms with Gasteiger partial charge in [0.2, 0.25) is 5.91 Å². The average molecular weight is 253 g/mol. The predicted octanol–water partition coefficient (Wildman–Crippen LogP) is 1.07. The molecule has 0 aromatic heterocycles. The summed E-state index contributed by atoms with van der Waals surface area (Å²) in [5.41, 5.74) is 0. The number of carbonyl (C=O) groups is 1. The normalized spacial score (nSPS) is 27.3. The Hall–Kier alpha value is -0.610. The number of rotatable bonds is 2. The van der Waals surface area contributed by atoms with Crippen molar-refractivity contribution in [2.45, 2.75) is 51.1 Å². The van der Waals surface area contributed by atoms with Crippen molar-refractivity contribution in [3.05, 3.63) is 0 Å². The molecule has 2 aliphatic heterocycles. The Morgan fingerprint density at radius 3 is 2.44 bits per heavy atom. The van der Waals surface area contributed by atoms with Crippen molar-refractivity contribution in [3.8, 4) is 0 Å². The van der Waals surface area contributed by atoms with Gasteiger partial charge in [0.05, 0.1) is 0 Å². The maximum Gasteiger partial charge on any atom is 0.219 e. The summed E-state index contributed by atoms with van der Waals surface area (Å²) in [6.07, 6.45) is 6.15. The van der Waals surface area contributed by atoms with Crippen LogP contribution in [0.25, 0.3) is 0 Å². The first-order valence-electron chi connectivity index (χ1n) is 7.36. The van der Waals surface area contributed by atoms with Crippen LogP contribution in [0.2, 0.25) is 0 Å². The van der Waals surface area contributed by atoms with Gasteiger partial charge < -0.3 is 15.1 Å². The molecule has 1 unspecified atom stereocenters. The smallest absolute Gasteiger partial charge is 0.219 e. The molecule has 0 saturated carbocycles. The Balaban J connectivity index is 1.82. The maximum absolute atomic E-state index is 11.3. The van der Waals surface area contributed by atoms with Crippen LogP contribution in [-0.2, 0) is 4.79 Å². The lowest BCUT2D eigenvalue weighted by atomic mass is 9.99. The Kier molecular flexibility index (Phi) is 5.01. The fourth-order valence-corrected chi connectivity index (χ4v) is 3.29. The summed E-state index contributed by atoms with van der Waals surface area (Å²) in [5, 5.41) is 3.48. The van der Waals surface area contributed by atoms with Gasteiger partial charge in [0.25, 0.3) is 0 Å². The second-order valence-electron chi connectivity index (χ2n) is 5.74. The molecule has 0 aromatic rings. The van der Waals surface area contributed by atoms with Gasteiger partial charge >= 0.3 is 0 Å². The Morgan fingerprint density at radius 1 is 1.11 bits per heavy atom. The highest BCUT2D eigenvalue weighted by Crippen LogP contribution is 2.21. The van der Waals surface area contributed by atoms with Gasteiger partial charge in [0.1, 0.15) is 0 Å². The number of hydrogen-bond donors (Lipinski definition) is 1. The highest BCUT2D eigenvalue weighted by Gasteiger charge is 2.27. The van der Waals surface area contributed by atoms with Crippen molar-refractivity contribution < 1.29 is 4.79 Å². The van der Waals surface area contributed by atoms with Gasteiger partial charge in [-0.05, 0) is 52.2 Å². The minimum Gasteiger partial charge on any atom is -0.343 e. The Labute approximate surface area is 111 Å². The lowest BCUT2D eigenvalue weighted by Gasteiger charge is -2.40. The highest BCUT2D eigenvalue weighted by atomic mass is 16.2. The van der Waals surface area contributed by atoms with E-state index < -0.39 is 0 Å². The molecular weight excluding hydrogens is 226 g/mol. The van der Waals surface area contributed by atoms with E-state index in [0.717, 1.165) is 38.5 Å². The molecule has 2 saturated heterocycles. The molecule has 1 atom stereocenters. The summed E-state index contributed by atoms with van der Waals surface area (Å²) in [5.74, 6) is 0.231. The zero-order chi connectivity index (χ0) is 13.0. The monoisotopic (exact) mass is 253 g/mol. The van der Waals surface area contributed by atoms with E-state index in [-0.39, 0.29) is 5.91 Å². The van der Waals surface area contributed by atoms with Crippen LogP contribution >= 0.6 is 0 Å². The average Bonchev–Trinajstić information content (AvgIpc) is 2.67. The van der Waals surface area contributed by atoms with Gasteiger partial charge in [-0.3, -0.25) is 4.79 Å². The molecule has 2 aliphatic rings. The maximum atomic E-state index is 11.3. The molecule has 2 rings (SSSR count). The zero-order valence-corrected chi connectivity index (χ0v) is 11.8. The van der Waals surface area contributed by atoms with Gasteiger partial charge in [0.15, 0.2) is 0 Å². The molecule has 2 fully saturated rings. The molecular formula is C14H27N3O. The summed E-state index contributed by atoms with van der Waals surface area (Å²) in [6.45, 7) is 5.89. The molecule has 0 spiro atoms. The number of carbonyl (C=O) groups excluding carboxylic acids is 1. The minimum absolute atomic E-state index is 0.231. The molecule has 1 amide bonds. The standard InChI is InChI=1S/C14H27N3O/c1-12(18)17-10-6-14(7-11-17)16(2)13-4-3-8-15-9-5-13/h13-15H,3-11H2,1-2H3. The topological polar surface area (TPSA) is 35.6 Å². The van der Waals surface area contributed by atoms with Crippen LogP contribution in [0.4, 0.5) is 0 Å². The number of nitrogens with zero attached hydrogens (tertiary/aromatic N) is 2. The molecule has 4 nitrogen and oxygen atoms in total. The number of piperidine rings is 1. The van der Waals surface area contributed by atoms with Gasteiger partial charge in [-0.2, -0.15) is 0 Å². The third-order valence-electron chi connectivity index (χ3n) is 4.61. The molecule has 0 radical (unpaired) electrons. The minimum atomic E-state index is 0.231. The fraction of sp³-hybridized carbons (Fsp3) is 0.929. The van der Waals surface area contributed by atoms with Crippen LogP contribution in [-0.4, -0.2) is 61.0 Å². The summed E-state index contributed by atoms with van der Waals surface area (Å²) in [7, 11) is 2.28. The third kappa shape index (κ3) is 3.45. The molecule has 104 valence electrons. The highest BCUT2D eigenvalue weighted by molar-refractivity contribution is 5.73. The van der Waals surface area contributed by atoms with Gasteiger partial charge in [0, 0.05) is 32.1 Å². The van der Waals surface area contributed by atoms with Crippen LogP contribution in [0.3, 0.4) is 0 Å². The molecule has 0 aliphatic carbocycles. The van der Waals surface area contributed by atoms with Crippen molar-refractivity contribution in [3.63, 3.8) is 0 Å². The third-order valence-corrected chi connectivity index (χ3v) is 4.61. The predicted molar refractivity (Wildman–Crippen MR) is 73.5 cm³/mol. The van der Waals surface area contributed by atoms with E-state index in [1.165, 1.54) is 25.8 Å². The van der Waals surface area contributed by atoms with Crippen LogP contribution in [0, 0.1) is 0 Å². The summed E-state index contributed by atoms with van der Waals surface area (Å²) < 4.78 is 0. The van der Waals surface area contributed by atoms with Crippen molar-refractivity contribution in [2.24, 2.45) is 0 Å². The molecule has 2 heterocycles. The number of hydrogen-bond acceptors (Lipinski definition) is 3. The SMILES string of the molecule is CC(=O)N1CCC(N(C)C2CCCNCC2)CC1. The molecule has 18 heavy (non-hydrogen) atoms. The van der Waals surface area contributed by atoms with Crippen molar-refractivity contribution in [1.29, 1.82) is 0 Å². The van der Waals surface area contributed by atoms with E-state index >= 15 is 0 Å². The van der Waals surface area contributed by atoms with Crippen LogP contribution in [0.5, 0.6) is 0 Å².